The zero-order valence-corrected chi connectivity index (χ0v) is 10.2. The van der Waals surface area contributed by atoms with Crippen LogP contribution in [-0.2, 0) is 0 Å². The van der Waals surface area contributed by atoms with Gasteiger partial charge in [0, 0.05) is 5.56 Å². The Balaban J connectivity index is 1.99. The lowest BCUT2D eigenvalue weighted by atomic mass is 10.0. The highest BCUT2D eigenvalue weighted by atomic mass is 19.1. The third kappa shape index (κ3) is 2.99. The van der Waals surface area contributed by atoms with Crippen molar-refractivity contribution >= 4 is 6.08 Å². The molecule has 1 aliphatic rings. The van der Waals surface area contributed by atoms with E-state index in [1.54, 1.807) is 18.2 Å². The number of hydrogen-bond donors (Lipinski definition) is 1. The highest BCUT2D eigenvalue weighted by Crippen LogP contribution is 2.28. The molecule has 2 rings (SSSR count). The molecule has 3 heteroatoms. The molecule has 1 heterocycles. The average Bonchev–Trinajstić information content (AvgIpc) is 2.38. The number of halogens is 1. The molecule has 2 atom stereocenters. The van der Waals surface area contributed by atoms with Gasteiger partial charge in [-0.3, -0.25) is 0 Å². The van der Waals surface area contributed by atoms with E-state index in [1.165, 1.54) is 12.1 Å². The standard InChI is InChI=1S/C15H17FO2/c1-2-3-4-5-13(17)15-8-6-11-10-12(16)7-9-14(11)18-15/h2,6-10,13,15,17H,1,3-5H2/t13-,15-/m1/s1. The summed E-state index contributed by atoms with van der Waals surface area (Å²) in [4.78, 5) is 0. The van der Waals surface area contributed by atoms with Gasteiger partial charge in [-0.25, -0.2) is 4.39 Å². The Labute approximate surface area is 106 Å². The molecule has 2 nitrogen and oxygen atoms in total. The Morgan fingerprint density at radius 1 is 1.50 bits per heavy atom. The van der Waals surface area contributed by atoms with Gasteiger partial charge >= 0.3 is 0 Å². The van der Waals surface area contributed by atoms with Crippen LogP contribution >= 0.6 is 0 Å². The van der Waals surface area contributed by atoms with Gasteiger partial charge in [-0.2, -0.15) is 0 Å². The van der Waals surface area contributed by atoms with Crippen molar-refractivity contribution in [3.8, 4) is 5.75 Å². The first-order valence-corrected chi connectivity index (χ1v) is 6.14. The summed E-state index contributed by atoms with van der Waals surface area (Å²) in [5, 5.41) is 10.00. The van der Waals surface area contributed by atoms with E-state index in [1.807, 2.05) is 6.08 Å². The molecule has 96 valence electrons. The van der Waals surface area contributed by atoms with Crippen LogP contribution < -0.4 is 4.74 Å². The van der Waals surface area contributed by atoms with Crippen LogP contribution in [0.2, 0.25) is 0 Å². The van der Waals surface area contributed by atoms with Crippen LogP contribution in [0.15, 0.2) is 36.9 Å². The van der Waals surface area contributed by atoms with Crippen LogP contribution in [0, 0.1) is 5.82 Å². The molecule has 0 aliphatic carbocycles. The van der Waals surface area contributed by atoms with Crippen LogP contribution in [0.5, 0.6) is 5.75 Å². The Bertz CT molecular complexity index is 454. The van der Waals surface area contributed by atoms with Gasteiger partial charge in [-0.05, 0) is 43.5 Å². The third-order valence-electron chi connectivity index (χ3n) is 2.99. The van der Waals surface area contributed by atoms with Crippen LogP contribution in [0.25, 0.3) is 6.08 Å². The van der Waals surface area contributed by atoms with E-state index in [2.05, 4.69) is 6.58 Å². The van der Waals surface area contributed by atoms with Gasteiger partial charge in [0.15, 0.2) is 0 Å². The molecule has 1 aliphatic heterocycles. The summed E-state index contributed by atoms with van der Waals surface area (Å²) in [6.07, 6.45) is 6.94. The van der Waals surface area contributed by atoms with Crippen molar-refractivity contribution in [2.75, 3.05) is 0 Å². The molecule has 0 radical (unpaired) electrons. The molecular formula is C15H17FO2. The van der Waals surface area contributed by atoms with Gasteiger partial charge in [0.25, 0.3) is 0 Å². The number of hydrogen-bond acceptors (Lipinski definition) is 2. The number of aliphatic hydroxyl groups excluding tert-OH is 1. The molecule has 1 aromatic carbocycles. The van der Waals surface area contributed by atoms with Crippen molar-refractivity contribution in [1.82, 2.24) is 0 Å². The molecule has 0 amide bonds. The first kappa shape index (κ1) is 12.8. The Kier molecular flexibility index (Phi) is 4.15. The maximum Gasteiger partial charge on any atom is 0.143 e. The van der Waals surface area contributed by atoms with Crippen molar-refractivity contribution in [3.05, 3.63) is 48.3 Å². The lowest BCUT2D eigenvalue weighted by Crippen LogP contribution is -2.31. The summed E-state index contributed by atoms with van der Waals surface area (Å²) in [5.74, 6) is 0.332. The number of benzene rings is 1. The summed E-state index contributed by atoms with van der Waals surface area (Å²) < 4.78 is 18.7. The summed E-state index contributed by atoms with van der Waals surface area (Å²) >= 11 is 0. The van der Waals surface area contributed by atoms with E-state index in [9.17, 15) is 9.50 Å². The summed E-state index contributed by atoms with van der Waals surface area (Å²) in [5.41, 5.74) is 0.713. The van der Waals surface area contributed by atoms with Crippen molar-refractivity contribution in [1.29, 1.82) is 0 Å². The lowest BCUT2D eigenvalue weighted by Gasteiger charge is -2.25. The first-order valence-electron chi connectivity index (χ1n) is 6.14. The molecular weight excluding hydrogens is 231 g/mol. The minimum atomic E-state index is -0.542. The Morgan fingerprint density at radius 3 is 3.11 bits per heavy atom. The summed E-state index contributed by atoms with van der Waals surface area (Å²) in [7, 11) is 0. The number of aliphatic hydroxyl groups is 1. The maximum absolute atomic E-state index is 13.0. The van der Waals surface area contributed by atoms with Crippen LogP contribution in [0.1, 0.15) is 24.8 Å². The predicted molar refractivity (Wildman–Crippen MR) is 69.9 cm³/mol. The zero-order chi connectivity index (χ0) is 13.0. The Hall–Kier alpha value is -1.61. The number of unbranched alkanes of at least 4 members (excludes halogenated alkanes) is 1. The van der Waals surface area contributed by atoms with Gasteiger partial charge in [0.1, 0.15) is 17.7 Å². The molecule has 0 saturated carbocycles. The first-order chi connectivity index (χ1) is 8.70. The molecule has 0 spiro atoms. The van der Waals surface area contributed by atoms with Crippen LogP contribution in [0.4, 0.5) is 4.39 Å². The topological polar surface area (TPSA) is 29.5 Å². The van der Waals surface area contributed by atoms with E-state index in [0.29, 0.717) is 17.7 Å². The highest BCUT2D eigenvalue weighted by Gasteiger charge is 2.22. The second-order valence-corrected chi connectivity index (χ2v) is 4.41. The summed E-state index contributed by atoms with van der Waals surface area (Å²) in [6, 6.07) is 4.38. The van der Waals surface area contributed by atoms with E-state index in [4.69, 9.17) is 4.74 Å². The minimum Gasteiger partial charge on any atom is -0.483 e. The third-order valence-corrected chi connectivity index (χ3v) is 2.99. The molecule has 1 N–H and O–H groups in total. The number of fused-ring (bicyclic) bond motifs is 1. The van der Waals surface area contributed by atoms with Gasteiger partial charge in [-0.1, -0.05) is 12.2 Å². The minimum absolute atomic E-state index is 0.285. The largest absolute Gasteiger partial charge is 0.483 e. The molecule has 0 bridgehead atoms. The molecule has 0 fully saturated rings. The van der Waals surface area contributed by atoms with Crippen molar-refractivity contribution in [2.45, 2.75) is 31.5 Å². The van der Waals surface area contributed by atoms with E-state index in [-0.39, 0.29) is 11.9 Å². The quantitative estimate of drug-likeness (QED) is 0.640. The van der Waals surface area contributed by atoms with E-state index in [0.717, 1.165) is 12.8 Å². The number of ether oxygens (including phenoxy) is 1. The fourth-order valence-corrected chi connectivity index (χ4v) is 1.98. The monoisotopic (exact) mass is 248 g/mol. The van der Waals surface area contributed by atoms with Gasteiger partial charge in [0.05, 0.1) is 6.10 Å². The van der Waals surface area contributed by atoms with Crippen LogP contribution in [0.3, 0.4) is 0 Å². The van der Waals surface area contributed by atoms with Gasteiger partial charge in [-0.15, -0.1) is 6.58 Å². The SMILES string of the molecule is C=CCCC[C@@H](O)[C@H]1C=Cc2cc(F)ccc2O1. The maximum atomic E-state index is 13.0. The molecule has 18 heavy (non-hydrogen) atoms. The second kappa shape index (κ2) is 5.83. The normalized spacial score (nSPS) is 18.9. The fourth-order valence-electron chi connectivity index (χ4n) is 1.98. The van der Waals surface area contributed by atoms with E-state index < -0.39 is 6.10 Å². The van der Waals surface area contributed by atoms with Crippen molar-refractivity contribution in [2.24, 2.45) is 0 Å². The van der Waals surface area contributed by atoms with Crippen molar-refractivity contribution in [3.63, 3.8) is 0 Å². The molecule has 0 unspecified atom stereocenters. The predicted octanol–water partition coefficient (Wildman–Crippen LogP) is 3.32. The fraction of sp³-hybridized carbons (Fsp3) is 0.333. The molecule has 0 saturated heterocycles. The van der Waals surface area contributed by atoms with Crippen LogP contribution in [-0.4, -0.2) is 17.3 Å². The molecule has 0 aromatic heterocycles. The zero-order valence-electron chi connectivity index (χ0n) is 10.2. The Morgan fingerprint density at radius 2 is 2.33 bits per heavy atom. The number of allylic oxidation sites excluding steroid dienone is 1. The van der Waals surface area contributed by atoms with Gasteiger partial charge < -0.3 is 9.84 Å². The smallest absolute Gasteiger partial charge is 0.143 e. The van der Waals surface area contributed by atoms with Crippen molar-refractivity contribution < 1.29 is 14.2 Å². The number of rotatable bonds is 5. The second-order valence-electron chi connectivity index (χ2n) is 4.41. The average molecular weight is 248 g/mol. The molecule has 1 aromatic rings. The van der Waals surface area contributed by atoms with E-state index >= 15 is 0 Å². The lowest BCUT2D eigenvalue weighted by molar-refractivity contribution is 0.0554. The highest BCUT2D eigenvalue weighted by molar-refractivity contribution is 5.60. The summed E-state index contributed by atoms with van der Waals surface area (Å²) in [6.45, 7) is 3.65. The van der Waals surface area contributed by atoms with Gasteiger partial charge in [0.2, 0.25) is 0 Å².